The van der Waals surface area contributed by atoms with Crippen molar-refractivity contribution in [3.63, 3.8) is 0 Å². The summed E-state index contributed by atoms with van der Waals surface area (Å²) in [6.07, 6.45) is 2.71. The lowest BCUT2D eigenvalue weighted by molar-refractivity contribution is -0.121. The van der Waals surface area contributed by atoms with Gasteiger partial charge in [-0.25, -0.2) is 8.42 Å². The van der Waals surface area contributed by atoms with Crippen LogP contribution in [0.25, 0.3) is 0 Å². The Morgan fingerprint density at radius 3 is 2.26 bits per heavy atom. The quantitative estimate of drug-likeness (QED) is 0.679. The van der Waals surface area contributed by atoms with Gasteiger partial charge in [0.05, 0.1) is 11.9 Å². The van der Waals surface area contributed by atoms with Crippen LogP contribution >= 0.6 is 11.6 Å². The molecule has 0 fully saturated rings. The van der Waals surface area contributed by atoms with Gasteiger partial charge in [-0.15, -0.1) is 0 Å². The van der Waals surface area contributed by atoms with Gasteiger partial charge in [-0.05, 0) is 56.5 Å². The molecule has 7 heteroatoms. The zero-order valence-electron chi connectivity index (χ0n) is 15.8. The number of halogens is 1. The predicted octanol–water partition coefficient (Wildman–Crippen LogP) is 3.55. The van der Waals surface area contributed by atoms with Gasteiger partial charge in [0.2, 0.25) is 15.9 Å². The van der Waals surface area contributed by atoms with Gasteiger partial charge in [-0.2, -0.15) is 0 Å². The lowest BCUT2D eigenvalue weighted by atomic mass is 10.1. The molecule has 0 aliphatic rings. The molecule has 5 nitrogen and oxygen atoms in total. The largest absolute Gasteiger partial charge is 0.354 e. The number of hydrogen-bond donors (Lipinski definition) is 1. The van der Waals surface area contributed by atoms with E-state index < -0.39 is 16.1 Å². The van der Waals surface area contributed by atoms with Crippen LogP contribution in [0.4, 0.5) is 5.69 Å². The van der Waals surface area contributed by atoms with Crippen molar-refractivity contribution in [2.24, 2.45) is 0 Å². The summed E-state index contributed by atoms with van der Waals surface area (Å²) in [5.74, 6) is -0.334. The van der Waals surface area contributed by atoms with E-state index in [2.05, 4.69) is 29.6 Å². The highest BCUT2D eigenvalue weighted by Crippen LogP contribution is 2.23. The maximum absolute atomic E-state index is 12.5. The number of nitrogens with zero attached hydrogens (tertiary/aromatic N) is 1. The Balaban J connectivity index is 1.96. The number of anilines is 1. The zero-order chi connectivity index (χ0) is 20.0. The minimum absolute atomic E-state index is 0.334. The van der Waals surface area contributed by atoms with Crippen LogP contribution in [0.2, 0.25) is 5.02 Å². The van der Waals surface area contributed by atoms with Crippen molar-refractivity contribution in [3.05, 3.63) is 64.7 Å². The highest BCUT2D eigenvalue weighted by molar-refractivity contribution is 7.92. The Morgan fingerprint density at radius 1 is 1.11 bits per heavy atom. The van der Waals surface area contributed by atoms with Crippen LogP contribution in [0.15, 0.2) is 48.5 Å². The fourth-order valence-corrected chi connectivity index (χ4v) is 4.10. The van der Waals surface area contributed by atoms with E-state index in [0.717, 1.165) is 23.4 Å². The monoisotopic (exact) mass is 408 g/mol. The fourth-order valence-electron chi connectivity index (χ4n) is 2.80. The molecule has 2 rings (SSSR count). The molecule has 2 aromatic carbocycles. The molecule has 1 atom stereocenters. The second-order valence-corrected chi connectivity index (χ2v) is 8.89. The lowest BCUT2D eigenvalue weighted by Gasteiger charge is -2.28. The van der Waals surface area contributed by atoms with Crippen molar-refractivity contribution in [3.8, 4) is 0 Å². The van der Waals surface area contributed by atoms with Crippen molar-refractivity contribution in [2.75, 3.05) is 17.1 Å². The van der Waals surface area contributed by atoms with E-state index in [1.165, 1.54) is 11.1 Å². The fraction of sp³-hybridized carbons (Fsp3) is 0.350. The highest BCUT2D eigenvalue weighted by Gasteiger charge is 2.28. The van der Waals surface area contributed by atoms with Crippen molar-refractivity contribution in [2.45, 2.75) is 32.7 Å². The molecule has 2 aromatic rings. The number of aryl methyl sites for hydroxylation is 2. The molecule has 0 unspecified atom stereocenters. The second kappa shape index (κ2) is 9.24. The summed E-state index contributed by atoms with van der Waals surface area (Å²) < 4.78 is 25.5. The molecule has 1 amide bonds. The molecule has 0 saturated heterocycles. The molecule has 1 N–H and O–H groups in total. The van der Waals surface area contributed by atoms with E-state index in [1.807, 2.05) is 6.92 Å². The minimum atomic E-state index is -3.62. The molecule has 146 valence electrons. The Morgan fingerprint density at radius 2 is 1.70 bits per heavy atom. The molecule has 0 heterocycles. The van der Waals surface area contributed by atoms with Gasteiger partial charge in [0, 0.05) is 11.6 Å². The summed E-state index contributed by atoms with van der Waals surface area (Å²) >= 11 is 5.87. The number of sulfonamides is 1. The number of nitrogens with one attached hydrogen (secondary N) is 1. The SMILES string of the molecule is Cc1ccc(CCCNC(=O)[C@H](C)N(c2ccc(Cl)cc2)S(C)(=O)=O)cc1. The molecular formula is C20H25ClN2O3S. The van der Waals surface area contributed by atoms with Crippen molar-refractivity contribution in [1.82, 2.24) is 5.32 Å². The summed E-state index contributed by atoms with van der Waals surface area (Å²) in [4.78, 5) is 12.5. The first-order valence-corrected chi connectivity index (χ1v) is 11.0. The average Bonchev–Trinajstić information content (AvgIpc) is 2.60. The summed E-state index contributed by atoms with van der Waals surface area (Å²) in [6.45, 7) is 4.10. The first kappa shape index (κ1) is 21.3. The van der Waals surface area contributed by atoms with Gasteiger partial charge in [-0.3, -0.25) is 9.10 Å². The normalized spacial score (nSPS) is 12.4. The third-order valence-corrected chi connectivity index (χ3v) is 5.73. The van der Waals surface area contributed by atoms with Crippen molar-refractivity contribution < 1.29 is 13.2 Å². The molecule has 27 heavy (non-hydrogen) atoms. The second-order valence-electron chi connectivity index (χ2n) is 6.59. The summed E-state index contributed by atoms with van der Waals surface area (Å²) in [6, 6.07) is 13.8. The van der Waals surface area contributed by atoms with E-state index in [4.69, 9.17) is 11.6 Å². The average molecular weight is 409 g/mol. The molecule has 0 aliphatic carbocycles. The molecule has 0 bridgehead atoms. The number of hydrogen-bond acceptors (Lipinski definition) is 3. The maximum Gasteiger partial charge on any atom is 0.243 e. The van der Waals surface area contributed by atoms with Gasteiger partial charge < -0.3 is 5.32 Å². The maximum atomic E-state index is 12.5. The van der Waals surface area contributed by atoms with Crippen LogP contribution in [0.5, 0.6) is 0 Å². The van der Waals surface area contributed by atoms with Crippen LogP contribution in [0.3, 0.4) is 0 Å². The Bertz CT molecular complexity index is 865. The van der Waals surface area contributed by atoms with E-state index in [1.54, 1.807) is 31.2 Å². The minimum Gasteiger partial charge on any atom is -0.354 e. The van der Waals surface area contributed by atoms with Gasteiger partial charge in [0.1, 0.15) is 6.04 Å². The first-order chi connectivity index (χ1) is 12.7. The lowest BCUT2D eigenvalue weighted by Crippen LogP contribution is -2.48. The third-order valence-electron chi connectivity index (χ3n) is 4.23. The Hall–Kier alpha value is -2.05. The zero-order valence-corrected chi connectivity index (χ0v) is 17.3. The smallest absolute Gasteiger partial charge is 0.243 e. The van der Waals surface area contributed by atoms with Crippen LogP contribution in [-0.4, -0.2) is 33.2 Å². The standard InChI is InChI=1S/C20H25ClN2O3S/c1-15-6-8-17(9-7-15)5-4-14-22-20(24)16(2)23(27(3,25)26)19-12-10-18(21)11-13-19/h6-13,16H,4-5,14H2,1-3H3,(H,22,24)/t16-/m0/s1. The van der Waals surface area contributed by atoms with Gasteiger partial charge in [-0.1, -0.05) is 41.4 Å². The number of rotatable bonds is 8. The topological polar surface area (TPSA) is 66.5 Å². The molecule has 0 spiro atoms. The first-order valence-electron chi connectivity index (χ1n) is 8.76. The number of carbonyl (C=O) groups excluding carboxylic acids is 1. The van der Waals surface area contributed by atoms with E-state index in [0.29, 0.717) is 17.3 Å². The molecule has 0 radical (unpaired) electrons. The molecule has 0 aromatic heterocycles. The van der Waals surface area contributed by atoms with Gasteiger partial charge in [0.15, 0.2) is 0 Å². The summed E-state index contributed by atoms with van der Waals surface area (Å²) in [7, 11) is -3.62. The van der Waals surface area contributed by atoms with Crippen molar-refractivity contribution in [1.29, 1.82) is 0 Å². The molecular weight excluding hydrogens is 384 g/mol. The number of carbonyl (C=O) groups is 1. The van der Waals surface area contributed by atoms with Crippen LogP contribution in [0, 0.1) is 6.92 Å². The summed E-state index contributed by atoms with van der Waals surface area (Å²) in [5, 5.41) is 3.33. The van der Waals surface area contributed by atoms with Crippen LogP contribution in [0.1, 0.15) is 24.5 Å². The van der Waals surface area contributed by atoms with E-state index in [9.17, 15) is 13.2 Å². The van der Waals surface area contributed by atoms with E-state index >= 15 is 0 Å². The summed E-state index contributed by atoms with van der Waals surface area (Å²) in [5.41, 5.74) is 2.83. The van der Waals surface area contributed by atoms with Gasteiger partial charge in [0.25, 0.3) is 0 Å². The Labute approximate surface area is 166 Å². The molecule has 0 saturated carbocycles. The van der Waals surface area contributed by atoms with Crippen LogP contribution in [-0.2, 0) is 21.2 Å². The van der Waals surface area contributed by atoms with E-state index in [-0.39, 0.29) is 5.91 Å². The van der Waals surface area contributed by atoms with Crippen molar-refractivity contribution >= 4 is 33.2 Å². The highest BCUT2D eigenvalue weighted by atomic mass is 35.5. The number of amides is 1. The van der Waals surface area contributed by atoms with Crippen LogP contribution < -0.4 is 9.62 Å². The number of benzene rings is 2. The van der Waals surface area contributed by atoms with Gasteiger partial charge >= 0.3 is 0 Å². The predicted molar refractivity (Wildman–Crippen MR) is 111 cm³/mol. The third kappa shape index (κ3) is 6.26. The molecule has 0 aliphatic heterocycles. The Kier molecular flexibility index (Phi) is 7.27.